The van der Waals surface area contributed by atoms with Crippen molar-refractivity contribution in [2.45, 2.75) is 77.2 Å². The maximum Gasteiger partial charge on any atom is 0.435 e. The average Bonchev–Trinajstić information content (AvgIpc) is 3.42. The number of anilines is 1. The Kier molecular flexibility index (Phi) is 9.72. The molecule has 1 heterocycles. The lowest BCUT2D eigenvalue weighted by atomic mass is 9.75. The van der Waals surface area contributed by atoms with Gasteiger partial charge in [0.05, 0.1) is 55.1 Å². The van der Waals surface area contributed by atoms with Gasteiger partial charge >= 0.3 is 6.18 Å². The third kappa shape index (κ3) is 7.32. The predicted octanol–water partition coefficient (Wildman–Crippen LogP) is 6.68. The van der Waals surface area contributed by atoms with E-state index in [0.717, 1.165) is 31.2 Å². The van der Waals surface area contributed by atoms with Crippen LogP contribution in [-0.2, 0) is 23.9 Å². The van der Waals surface area contributed by atoms with E-state index in [1.54, 1.807) is 32.4 Å². The number of carbonyl (C=O) groups excluding carboxylic acids is 2. The van der Waals surface area contributed by atoms with Crippen LogP contribution in [0.1, 0.15) is 83.6 Å². The summed E-state index contributed by atoms with van der Waals surface area (Å²) in [6.45, 7) is 8.19. The number of ketones is 1. The number of benzene rings is 2. The fraction of sp³-hybridized carbons (Fsp3) is 0.457. The first-order chi connectivity index (χ1) is 22.2. The van der Waals surface area contributed by atoms with Crippen LogP contribution in [0.5, 0.6) is 11.5 Å². The molecule has 2 aliphatic rings. The molecule has 0 bridgehead atoms. The van der Waals surface area contributed by atoms with Crippen molar-refractivity contribution >= 4 is 17.4 Å². The first kappa shape index (κ1) is 34.0. The van der Waals surface area contributed by atoms with E-state index in [0.29, 0.717) is 36.0 Å². The Balaban J connectivity index is 1.65. The van der Waals surface area contributed by atoms with E-state index in [1.807, 2.05) is 26.0 Å². The van der Waals surface area contributed by atoms with Crippen LogP contribution in [0.25, 0.3) is 5.69 Å². The molecule has 1 saturated carbocycles. The maximum atomic E-state index is 14.2. The number of primary amides is 1. The molecule has 0 spiro atoms. The van der Waals surface area contributed by atoms with Gasteiger partial charge in [0.1, 0.15) is 11.5 Å². The van der Waals surface area contributed by atoms with E-state index >= 15 is 0 Å². The van der Waals surface area contributed by atoms with Crippen molar-refractivity contribution in [2.75, 3.05) is 25.7 Å². The number of alkyl halides is 3. The highest BCUT2D eigenvalue weighted by Gasteiger charge is 2.45. The van der Waals surface area contributed by atoms with Gasteiger partial charge in [0.2, 0.25) is 0 Å². The molecule has 1 aromatic heterocycles. The van der Waals surface area contributed by atoms with E-state index in [2.05, 4.69) is 16.6 Å². The van der Waals surface area contributed by atoms with Crippen molar-refractivity contribution < 1.29 is 37.0 Å². The third-order valence-electron chi connectivity index (χ3n) is 8.91. The average molecular weight is 655 g/mol. The third-order valence-corrected chi connectivity index (χ3v) is 8.91. The van der Waals surface area contributed by atoms with Gasteiger partial charge in [0, 0.05) is 25.1 Å². The molecule has 252 valence electrons. The van der Waals surface area contributed by atoms with E-state index in [9.17, 15) is 22.8 Å². The van der Waals surface area contributed by atoms with Crippen LogP contribution >= 0.6 is 0 Å². The van der Waals surface area contributed by atoms with Crippen molar-refractivity contribution in [1.82, 2.24) is 9.78 Å². The minimum Gasteiger partial charge on any atom is -0.497 e. The molecule has 9 nitrogen and oxygen atoms in total. The standard InChI is InChI=1S/C35H41F3N4O5/c1-6-13-47-24-10-7-22(8-11-24)41(20-21-14-25(45-4)17-26(15-21)46-5)28-16-23(9-12-27(28)33(39)44)42-29-18-34(2,3)19-30(43)31(29)32(40-42)35(36,37)38/h6,9,12,14-17,22,24H,1,7-8,10-11,13,18-20H2,2-5H3,(H2,39,44)/t22-,24-. The molecule has 2 N–H and O–H groups in total. The van der Waals surface area contributed by atoms with Gasteiger partial charge in [0.25, 0.3) is 5.91 Å². The van der Waals surface area contributed by atoms with Crippen LogP contribution in [0.4, 0.5) is 18.9 Å². The van der Waals surface area contributed by atoms with Gasteiger partial charge < -0.3 is 24.8 Å². The first-order valence-electron chi connectivity index (χ1n) is 15.6. The molecule has 1 amide bonds. The molecule has 2 aromatic carbocycles. The quantitative estimate of drug-likeness (QED) is 0.230. The van der Waals surface area contributed by atoms with E-state index < -0.39 is 34.5 Å². The minimum atomic E-state index is -4.83. The Morgan fingerprint density at radius 3 is 2.32 bits per heavy atom. The van der Waals surface area contributed by atoms with Gasteiger partial charge in [-0.25, -0.2) is 4.68 Å². The van der Waals surface area contributed by atoms with E-state index in [4.69, 9.17) is 19.9 Å². The number of carbonyl (C=O) groups is 2. The van der Waals surface area contributed by atoms with Gasteiger partial charge in [-0.1, -0.05) is 19.9 Å². The zero-order valence-electron chi connectivity index (χ0n) is 27.2. The normalized spacial score (nSPS) is 19.2. The molecule has 12 heteroatoms. The van der Waals surface area contributed by atoms with Crippen molar-refractivity contribution in [2.24, 2.45) is 11.1 Å². The zero-order valence-corrected chi connectivity index (χ0v) is 27.2. The molecule has 2 aliphatic carbocycles. The van der Waals surface area contributed by atoms with Crippen molar-refractivity contribution in [3.05, 3.63) is 77.1 Å². The second kappa shape index (κ2) is 13.4. The Morgan fingerprint density at radius 1 is 1.09 bits per heavy atom. The van der Waals surface area contributed by atoms with Crippen LogP contribution in [-0.4, -0.2) is 54.4 Å². The monoisotopic (exact) mass is 654 g/mol. The van der Waals surface area contributed by atoms with Crippen LogP contribution in [0, 0.1) is 5.41 Å². The number of amides is 1. The van der Waals surface area contributed by atoms with Gasteiger partial charge in [-0.2, -0.15) is 18.3 Å². The summed E-state index contributed by atoms with van der Waals surface area (Å²) in [5.74, 6) is -0.106. The lowest BCUT2D eigenvalue weighted by molar-refractivity contribution is -0.141. The highest BCUT2D eigenvalue weighted by Crippen LogP contribution is 2.43. The number of Topliss-reactive ketones (excluding diaryl/α,β-unsaturated/α-hetero) is 1. The largest absolute Gasteiger partial charge is 0.497 e. The number of nitrogens with two attached hydrogens (primary N) is 1. The topological polar surface area (TPSA) is 109 Å². The number of aromatic nitrogens is 2. The lowest BCUT2D eigenvalue weighted by Crippen LogP contribution is -2.40. The fourth-order valence-corrected chi connectivity index (χ4v) is 6.75. The number of methoxy groups -OCH3 is 2. The summed E-state index contributed by atoms with van der Waals surface area (Å²) < 4.78 is 60.8. The summed E-state index contributed by atoms with van der Waals surface area (Å²) in [6.07, 6.45) is 0.124. The summed E-state index contributed by atoms with van der Waals surface area (Å²) in [6, 6.07) is 10.1. The van der Waals surface area contributed by atoms with Gasteiger partial charge in [-0.15, -0.1) is 6.58 Å². The lowest BCUT2D eigenvalue weighted by Gasteiger charge is -2.39. The number of hydrogen-bond acceptors (Lipinski definition) is 7. The van der Waals surface area contributed by atoms with E-state index in [-0.39, 0.29) is 36.2 Å². The number of halogens is 3. The van der Waals surface area contributed by atoms with Crippen LogP contribution in [0.3, 0.4) is 0 Å². The molecule has 47 heavy (non-hydrogen) atoms. The molecule has 0 radical (unpaired) electrons. The predicted molar refractivity (Wildman–Crippen MR) is 171 cm³/mol. The highest BCUT2D eigenvalue weighted by molar-refractivity contribution is 6.01. The van der Waals surface area contributed by atoms with Crippen LogP contribution in [0.15, 0.2) is 49.1 Å². The Labute approximate surface area is 272 Å². The number of ether oxygens (including phenoxy) is 3. The summed E-state index contributed by atoms with van der Waals surface area (Å²) in [7, 11) is 3.11. The van der Waals surface area contributed by atoms with Gasteiger partial charge in [0.15, 0.2) is 11.5 Å². The molecule has 3 aromatic rings. The number of fused-ring (bicyclic) bond motifs is 1. The Hall–Kier alpha value is -4.32. The van der Waals surface area contributed by atoms with Crippen molar-refractivity contribution in [3.8, 4) is 17.2 Å². The Bertz CT molecular complexity index is 1630. The minimum absolute atomic E-state index is 0.0163. The smallest absolute Gasteiger partial charge is 0.435 e. The molecule has 0 saturated heterocycles. The molecule has 0 atom stereocenters. The number of hydrogen-bond donors (Lipinski definition) is 1. The molecular weight excluding hydrogens is 613 g/mol. The van der Waals surface area contributed by atoms with Crippen molar-refractivity contribution in [3.63, 3.8) is 0 Å². The second-order valence-electron chi connectivity index (χ2n) is 13.0. The SMILES string of the molecule is C=CCO[C@H]1CC[C@H](N(Cc2cc(OC)cc(OC)c2)c2cc(-n3nc(C(F)(F)F)c4c3CC(C)(C)CC4=O)ccc2C(N)=O)CC1. The first-order valence-corrected chi connectivity index (χ1v) is 15.6. The van der Waals surface area contributed by atoms with E-state index in [1.165, 1.54) is 16.8 Å². The molecule has 0 aliphatic heterocycles. The maximum absolute atomic E-state index is 14.2. The molecular formula is C35H41F3N4O5. The second-order valence-corrected chi connectivity index (χ2v) is 13.0. The fourth-order valence-electron chi connectivity index (χ4n) is 6.75. The molecule has 0 unspecified atom stereocenters. The van der Waals surface area contributed by atoms with Gasteiger partial charge in [-0.3, -0.25) is 9.59 Å². The zero-order chi connectivity index (χ0) is 34.1. The Morgan fingerprint density at radius 2 is 1.74 bits per heavy atom. The highest BCUT2D eigenvalue weighted by atomic mass is 19.4. The van der Waals surface area contributed by atoms with Crippen LogP contribution in [0.2, 0.25) is 0 Å². The van der Waals surface area contributed by atoms with Crippen molar-refractivity contribution in [1.29, 1.82) is 0 Å². The van der Waals surface area contributed by atoms with Crippen LogP contribution < -0.4 is 20.1 Å². The number of nitrogens with zero attached hydrogens (tertiary/aromatic N) is 3. The summed E-state index contributed by atoms with van der Waals surface area (Å²) in [4.78, 5) is 28.0. The number of rotatable bonds is 11. The summed E-state index contributed by atoms with van der Waals surface area (Å²) in [5, 5.41) is 3.98. The van der Waals surface area contributed by atoms with Gasteiger partial charge in [-0.05, 0) is 73.4 Å². The summed E-state index contributed by atoms with van der Waals surface area (Å²) in [5.41, 5.74) is 5.72. The molecule has 1 fully saturated rings. The summed E-state index contributed by atoms with van der Waals surface area (Å²) >= 11 is 0. The molecule has 5 rings (SSSR count).